The topological polar surface area (TPSA) is 55.6 Å². The van der Waals surface area contributed by atoms with Crippen LogP contribution in [0.2, 0.25) is 0 Å². The van der Waals surface area contributed by atoms with Gasteiger partial charge in [-0.1, -0.05) is 6.07 Å². The van der Waals surface area contributed by atoms with Gasteiger partial charge in [-0.05, 0) is 55.3 Å². The van der Waals surface area contributed by atoms with Gasteiger partial charge in [0.05, 0.1) is 5.69 Å². The molecular weight excluding hydrogens is 264 g/mol. The summed E-state index contributed by atoms with van der Waals surface area (Å²) in [4.78, 5) is 13.5. The van der Waals surface area contributed by atoms with Crippen LogP contribution in [-0.2, 0) is 0 Å². The fourth-order valence-electron chi connectivity index (χ4n) is 1.92. The molecule has 0 saturated carbocycles. The van der Waals surface area contributed by atoms with Gasteiger partial charge in [-0.2, -0.15) is 0 Å². The first-order chi connectivity index (χ1) is 9.88. The van der Waals surface area contributed by atoms with Crippen LogP contribution >= 0.6 is 0 Å². The third kappa shape index (κ3) is 3.34. The first-order valence-electron chi connectivity index (χ1n) is 6.75. The van der Waals surface area contributed by atoms with Crippen LogP contribution in [0.4, 0.5) is 5.69 Å². The van der Waals surface area contributed by atoms with Crippen molar-refractivity contribution in [3.63, 3.8) is 0 Å². The highest BCUT2D eigenvalue weighted by Gasteiger charge is 2.11. The maximum Gasteiger partial charge on any atom is 0.253 e. The fraction of sp³-hybridized carbons (Fsp3) is 0.235. The molecule has 2 rings (SSSR count). The molecule has 0 bridgehead atoms. The molecule has 4 nitrogen and oxygen atoms in total. The smallest absolute Gasteiger partial charge is 0.253 e. The van der Waals surface area contributed by atoms with Crippen molar-refractivity contribution in [1.29, 1.82) is 0 Å². The molecule has 2 N–H and O–H groups in total. The van der Waals surface area contributed by atoms with Crippen molar-refractivity contribution in [3.8, 4) is 11.5 Å². The zero-order chi connectivity index (χ0) is 15.6. The van der Waals surface area contributed by atoms with Crippen LogP contribution in [-0.4, -0.2) is 24.9 Å². The Morgan fingerprint density at radius 3 is 2.38 bits per heavy atom. The number of rotatable bonds is 3. The lowest BCUT2D eigenvalue weighted by Crippen LogP contribution is -2.21. The quantitative estimate of drug-likeness (QED) is 0.879. The highest BCUT2D eigenvalue weighted by atomic mass is 16.5. The highest BCUT2D eigenvalue weighted by molar-refractivity contribution is 5.94. The summed E-state index contributed by atoms with van der Waals surface area (Å²) in [5, 5.41) is 0. The van der Waals surface area contributed by atoms with Gasteiger partial charge in [-0.3, -0.25) is 4.79 Å². The second kappa shape index (κ2) is 5.87. The fourth-order valence-corrected chi connectivity index (χ4v) is 1.92. The molecule has 0 aliphatic rings. The van der Waals surface area contributed by atoms with Crippen LogP contribution in [0.25, 0.3) is 0 Å². The van der Waals surface area contributed by atoms with Gasteiger partial charge in [0.2, 0.25) is 0 Å². The summed E-state index contributed by atoms with van der Waals surface area (Å²) in [5.74, 6) is 1.12. The van der Waals surface area contributed by atoms with Crippen molar-refractivity contribution < 1.29 is 9.53 Å². The number of hydrogen-bond acceptors (Lipinski definition) is 3. The number of nitrogens with two attached hydrogens (primary N) is 1. The van der Waals surface area contributed by atoms with Crippen molar-refractivity contribution >= 4 is 11.6 Å². The second-order valence-corrected chi connectivity index (χ2v) is 5.30. The van der Waals surface area contributed by atoms with E-state index in [0.717, 1.165) is 5.56 Å². The monoisotopic (exact) mass is 284 g/mol. The Hall–Kier alpha value is -2.49. The summed E-state index contributed by atoms with van der Waals surface area (Å²) >= 11 is 0. The molecule has 21 heavy (non-hydrogen) atoms. The average Bonchev–Trinajstić information content (AvgIpc) is 2.44. The molecule has 2 aromatic rings. The molecule has 0 unspecified atom stereocenters. The number of ether oxygens (including phenoxy) is 1. The van der Waals surface area contributed by atoms with Crippen molar-refractivity contribution in [2.45, 2.75) is 13.8 Å². The minimum Gasteiger partial charge on any atom is -0.455 e. The summed E-state index contributed by atoms with van der Waals surface area (Å²) in [7, 11) is 3.42. The summed E-state index contributed by atoms with van der Waals surface area (Å²) in [6.45, 7) is 4.07. The van der Waals surface area contributed by atoms with E-state index < -0.39 is 0 Å². The number of aryl methyl sites for hydroxylation is 2. The summed E-state index contributed by atoms with van der Waals surface area (Å²) in [6.07, 6.45) is 0. The number of nitrogens with zero attached hydrogens (tertiary/aromatic N) is 1. The summed E-state index contributed by atoms with van der Waals surface area (Å²) in [5.41, 5.74) is 9.33. The van der Waals surface area contributed by atoms with E-state index in [1.165, 1.54) is 10.5 Å². The minimum absolute atomic E-state index is 0.0834. The predicted octanol–water partition coefficient (Wildman–Crippen LogP) is 3.38. The molecule has 2 aromatic carbocycles. The lowest BCUT2D eigenvalue weighted by atomic mass is 10.1. The lowest BCUT2D eigenvalue weighted by Gasteiger charge is -2.14. The van der Waals surface area contributed by atoms with Crippen molar-refractivity contribution in [3.05, 3.63) is 53.1 Å². The Morgan fingerprint density at radius 2 is 1.76 bits per heavy atom. The van der Waals surface area contributed by atoms with Gasteiger partial charge in [0, 0.05) is 19.7 Å². The van der Waals surface area contributed by atoms with Crippen LogP contribution in [0.1, 0.15) is 21.5 Å². The van der Waals surface area contributed by atoms with E-state index in [1.807, 2.05) is 32.0 Å². The van der Waals surface area contributed by atoms with E-state index >= 15 is 0 Å². The van der Waals surface area contributed by atoms with Gasteiger partial charge in [0.1, 0.15) is 5.75 Å². The molecule has 1 amide bonds. The number of hydrogen-bond donors (Lipinski definition) is 1. The Labute approximate surface area is 125 Å². The molecule has 0 heterocycles. The molecule has 0 radical (unpaired) electrons. The molecule has 110 valence electrons. The molecule has 0 fully saturated rings. The van der Waals surface area contributed by atoms with E-state index in [2.05, 4.69) is 0 Å². The normalized spacial score (nSPS) is 10.3. The minimum atomic E-state index is -0.0834. The Kier molecular flexibility index (Phi) is 4.17. The largest absolute Gasteiger partial charge is 0.455 e. The van der Waals surface area contributed by atoms with E-state index in [4.69, 9.17) is 10.5 Å². The third-order valence-electron chi connectivity index (χ3n) is 3.37. The van der Waals surface area contributed by atoms with Crippen molar-refractivity contribution in [1.82, 2.24) is 4.90 Å². The van der Waals surface area contributed by atoms with Crippen molar-refractivity contribution in [2.24, 2.45) is 0 Å². The molecule has 0 aliphatic heterocycles. The number of benzene rings is 2. The number of anilines is 1. The molecule has 4 heteroatoms. The van der Waals surface area contributed by atoms with Gasteiger partial charge in [0.25, 0.3) is 5.91 Å². The van der Waals surface area contributed by atoms with Gasteiger partial charge in [-0.15, -0.1) is 0 Å². The first kappa shape index (κ1) is 14.9. The molecule has 0 saturated heterocycles. The SMILES string of the molecule is Cc1ccc(Oc2cc(C(=O)N(C)C)ccc2N)cc1C. The van der Waals surface area contributed by atoms with Crippen LogP contribution in [0.3, 0.4) is 0 Å². The van der Waals surface area contributed by atoms with Crippen LogP contribution in [0, 0.1) is 13.8 Å². The standard InChI is InChI=1S/C17H20N2O2/c1-11-5-7-14(9-12(11)2)21-16-10-13(6-8-15(16)18)17(20)19(3)4/h5-10H,18H2,1-4H3. The third-order valence-corrected chi connectivity index (χ3v) is 3.37. The Morgan fingerprint density at radius 1 is 1.05 bits per heavy atom. The molecule has 0 atom stereocenters. The molecule has 0 spiro atoms. The Bertz CT molecular complexity index is 678. The molecular formula is C17H20N2O2. The summed E-state index contributed by atoms with van der Waals surface area (Å²) < 4.78 is 5.82. The van der Waals surface area contributed by atoms with E-state index in [-0.39, 0.29) is 5.91 Å². The maximum absolute atomic E-state index is 12.0. The number of carbonyl (C=O) groups is 1. The van der Waals surface area contributed by atoms with E-state index in [1.54, 1.807) is 32.3 Å². The molecule has 0 aliphatic carbocycles. The van der Waals surface area contributed by atoms with E-state index in [9.17, 15) is 4.79 Å². The zero-order valence-electron chi connectivity index (χ0n) is 12.8. The van der Waals surface area contributed by atoms with Gasteiger partial charge < -0.3 is 15.4 Å². The maximum atomic E-state index is 12.0. The number of carbonyl (C=O) groups excluding carboxylic acids is 1. The second-order valence-electron chi connectivity index (χ2n) is 5.30. The first-order valence-corrected chi connectivity index (χ1v) is 6.75. The summed E-state index contributed by atoms with van der Waals surface area (Å²) in [6, 6.07) is 10.9. The van der Waals surface area contributed by atoms with Crippen molar-refractivity contribution in [2.75, 3.05) is 19.8 Å². The van der Waals surface area contributed by atoms with E-state index in [0.29, 0.717) is 22.7 Å². The number of nitrogen functional groups attached to an aromatic ring is 1. The Balaban J connectivity index is 2.32. The van der Waals surface area contributed by atoms with Gasteiger partial charge in [-0.25, -0.2) is 0 Å². The van der Waals surface area contributed by atoms with Gasteiger partial charge >= 0.3 is 0 Å². The predicted molar refractivity (Wildman–Crippen MR) is 84.9 cm³/mol. The van der Waals surface area contributed by atoms with Gasteiger partial charge in [0.15, 0.2) is 5.75 Å². The molecule has 0 aromatic heterocycles. The zero-order valence-corrected chi connectivity index (χ0v) is 12.8. The number of amides is 1. The van der Waals surface area contributed by atoms with Crippen LogP contribution < -0.4 is 10.5 Å². The highest BCUT2D eigenvalue weighted by Crippen LogP contribution is 2.29. The lowest BCUT2D eigenvalue weighted by molar-refractivity contribution is 0.0827. The van der Waals surface area contributed by atoms with Crippen LogP contribution in [0.5, 0.6) is 11.5 Å². The average molecular weight is 284 g/mol. The van der Waals surface area contributed by atoms with Crippen LogP contribution in [0.15, 0.2) is 36.4 Å².